The van der Waals surface area contributed by atoms with E-state index in [0.717, 1.165) is 32.1 Å². The van der Waals surface area contributed by atoms with Crippen molar-refractivity contribution in [1.29, 1.82) is 0 Å². The van der Waals surface area contributed by atoms with Crippen LogP contribution in [0.5, 0.6) is 11.5 Å². The molecule has 4 N–H and O–H groups in total. The Hall–Kier alpha value is -1.55. The minimum atomic E-state index is -3.84. The van der Waals surface area contributed by atoms with Crippen molar-refractivity contribution in [2.24, 2.45) is 5.73 Å². The lowest BCUT2D eigenvalue weighted by molar-refractivity contribution is -0.118. The molecule has 1 amide bonds. The monoisotopic (exact) mass is 405 g/mol. The maximum atomic E-state index is 12.8. The van der Waals surface area contributed by atoms with Crippen LogP contribution in [0, 0.1) is 0 Å². The summed E-state index contributed by atoms with van der Waals surface area (Å²) in [7, 11) is -2.46. The smallest absolute Gasteiger partial charge is 0.262 e. The van der Waals surface area contributed by atoms with Crippen LogP contribution in [0.25, 0.3) is 0 Å². The number of hydrogen-bond donors (Lipinski definition) is 3. The predicted molar refractivity (Wildman–Crippen MR) is 99.6 cm³/mol. The summed E-state index contributed by atoms with van der Waals surface area (Å²) in [5.41, 5.74) is 6.18. The first-order valence-corrected chi connectivity index (χ1v) is 9.75. The number of fused-ring (bicyclic) bond motifs is 1. The average Bonchev–Trinajstić information content (AvgIpc) is 2.59. The molecule has 1 saturated carbocycles. The molecule has 2 aliphatic rings. The number of halogens is 1. The van der Waals surface area contributed by atoms with E-state index in [4.69, 9.17) is 15.2 Å². The molecule has 0 radical (unpaired) electrons. The summed E-state index contributed by atoms with van der Waals surface area (Å²) >= 11 is 0. The number of amides is 1. The van der Waals surface area contributed by atoms with Crippen LogP contribution in [0.4, 0.5) is 5.69 Å². The summed E-state index contributed by atoms with van der Waals surface area (Å²) in [5, 5.41) is 2.62. The Morgan fingerprint density at radius 3 is 2.65 bits per heavy atom. The summed E-state index contributed by atoms with van der Waals surface area (Å²) in [4.78, 5) is 11.4. The molecule has 0 atom stereocenters. The molecule has 0 saturated heterocycles. The van der Waals surface area contributed by atoms with E-state index in [2.05, 4.69) is 10.0 Å². The van der Waals surface area contributed by atoms with Gasteiger partial charge in [0.05, 0.1) is 12.8 Å². The molecule has 3 rings (SSSR count). The maximum absolute atomic E-state index is 12.8. The zero-order valence-electron chi connectivity index (χ0n) is 14.5. The minimum Gasteiger partial charge on any atom is -0.495 e. The summed E-state index contributed by atoms with van der Waals surface area (Å²) in [6.07, 6.45) is 4.74. The SMILES string of the molecule is COc1cc2c(cc1S(=O)(=O)NCC1(N)CCCCC1)OCC(=O)N2.Cl. The minimum absolute atomic E-state index is 0. The Labute approximate surface area is 159 Å². The first-order chi connectivity index (χ1) is 11.8. The second kappa shape index (κ2) is 7.99. The zero-order valence-corrected chi connectivity index (χ0v) is 16.2. The number of rotatable bonds is 5. The quantitative estimate of drug-likeness (QED) is 0.680. The Morgan fingerprint density at radius 2 is 2.00 bits per heavy atom. The Bertz CT molecular complexity index is 778. The third-order valence-electron chi connectivity index (χ3n) is 4.65. The summed E-state index contributed by atoms with van der Waals surface area (Å²) in [5.74, 6) is 0.123. The fourth-order valence-corrected chi connectivity index (χ4v) is 4.51. The molecule has 0 bridgehead atoms. The first-order valence-electron chi connectivity index (χ1n) is 8.26. The van der Waals surface area contributed by atoms with Gasteiger partial charge >= 0.3 is 0 Å². The summed E-state index contributed by atoms with van der Waals surface area (Å²) < 4.78 is 38.6. The molecule has 146 valence electrons. The molecule has 10 heteroatoms. The highest BCUT2D eigenvalue weighted by molar-refractivity contribution is 7.89. The molecule has 1 aromatic carbocycles. The van der Waals surface area contributed by atoms with Gasteiger partial charge < -0.3 is 20.5 Å². The van der Waals surface area contributed by atoms with E-state index in [1.807, 2.05) is 0 Å². The number of nitrogens with one attached hydrogen (secondary N) is 2. The lowest BCUT2D eigenvalue weighted by atomic mass is 9.83. The largest absolute Gasteiger partial charge is 0.495 e. The van der Waals surface area contributed by atoms with Crippen LogP contribution in [0.15, 0.2) is 17.0 Å². The fraction of sp³-hybridized carbons (Fsp3) is 0.562. The fourth-order valence-electron chi connectivity index (χ4n) is 3.21. The van der Waals surface area contributed by atoms with Crippen molar-refractivity contribution in [3.05, 3.63) is 12.1 Å². The number of methoxy groups -OCH3 is 1. The van der Waals surface area contributed by atoms with Crippen LogP contribution in [-0.4, -0.2) is 40.1 Å². The van der Waals surface area contributed by atoms with Crippen LogP contribution in [0.3, 0.4) is 0 Å². The molecule has 0 spiro atoms. The van der Waals surface area contributed by atoms with Crippen LogP contribution >= 0.6 is 12.4 Å². The van der Waals surface area contributed by atoms with Gasteiger partial charge in [-0.1, -0.05) is 19.3 Å². The molecule has 1 aliphatic carbocycles. The molecule has 1 heterocycles. The Morgan fingerprint density at radius 1 is 1.31 bits per heavy atom. The van der Waals surface area contributed by atoms with Crippen LogP contribution in [0.1, 0.15) is 32.1 Å². The normalized spacial score (nSPS) is 18.8. The van der Waals surface area contributed by atoms with E-state index < -0.39 is 15.6 Å². The van der Waals surface area contributed by atoms with E-state index in [0.29, 0.717) is 11.4 Å². The lowest BCUT2D eigenvalue weighted by Crippen LogP contribution is -2.51. The number of anilines is 1. The molecule has 1 aromatic rings. The highest BCUT2D eigenvalue weighted by Gasteiger charge is 2.31. The highest BCUT2D eigenvalue weighted by Crippen LogP contribution is 2.37. The molecule has 1 aliphatic heterocycles. The number of carbonyl (C=O) groups excluding carboxylic acids is 1. The van der Waals surface area contributed by atoms with Crippen molar-refractivity contribution < 1.29 is 22.7 Å². The van der Waals surface area contributed by atoms with Crippen molar-refractivity contribution >= 4 is 34.0 Å². The third-order valence-corrected chi connectivity index (χ3v) is 6.07. The predicted octanol–water partition coefficient (Wildman–Crippen LogP) is 1.39. The molecule has 0 aromatic heterocycles. The lowest BCUT2D eigenvalue weighted by Gasteiger charge is -2.33. The van der Waals surface area contributed by atoms with Crippen molar-refractivity contribution in [3.8, 4) is 11.5 Å². The standard InChI is InChI=1S/C16H23N3O5S.ClH/c1-23-13-7-11-12(24-9-15(20)19-11)8-14(13)25(21,22)18-10-16(17)5-3-2-4-6-16;/h7-8,18H,2-6,9-10,17H2,1H3,(H,19,20);1H. The van der Waals surface area contributed by atoms with Crippen LogP contribution < -0.4 is 25.2 Å². The van der Waals surface area contributed by atoms with Gasteiger partial charge in [-0.25, -0.2) is 13.1 Å². The molecule has 0 unspecified atom stereocenters. The Balaban J connectivity index is 0.00000243. The number of nitrogens with two attached hydrogens (primary N) is 1. The van der Waals surface area contributed by atoms with Crippen molar-refractivity contribution in [2.45, 2.75) is 42.5 Å². The highest BCUT2D eigenvalue weighted by atomic mass is 35.5. The van der Waals surface area contributed by atoms with Gasteiger partial charge in [0.1, 0.15) is 16.4 Å². The van der Waals surface area contributed by atoms with E-state index in [1.54, 1.807) is 0 Å². The summed E-state index contributed by atoms with van der Waals surface area (Å²) in [6.45, 7) is 0.0192. The molecule has 26 heavy (non-hydrogen) atoms. The van der Waals surface area contributed by atoms with E-state index >= 15 is 0 Å². The molecule has 1 fully saturated rings. The number of sulfonamides is 1. The van der Waals surface area contributed by atoms with E-state index in [1.165, 1.54) is 19.2 Å². The maximum Gasteiger partial charge on any atom is 0.262 e. The van der Waals surface area contributed by atoms with Gasteiger partial charge in [0.15, 0.2) is 6.61 Å². The number of carbonyl (C=O) groups is 1. The van der Waals surface area contributed by atoms with Crippen molar-refractivity contribution in [3.63, 3.8) is 0 Å². The first kappa shape index (κ1) is 20.8. The topological polar surface area (TPSA) is 120 Å². The zero-order chi connectivity index (χ0) is 18.1. The van der Waals surface area contributed by atoms with Crippen molar-refractivity contribution in [1.82, 2.24) is 4.72 Å². The number of benzene rings is 1. The second-order valence-electron chi connectivity index (χ2n) is 6.58. The average molecular weight is 406 g/mol. The van der Waals surface area contributed by atoms with Gasteiger partial charge in [0, 0.05) is 24.2 Å². The van der Waals surface area contributed by atoms with E-state index in [-0.39, 0.29) is 42.1 Å². The third kappa shape index (κ3) is 4.40. The van der Waals surface area contributed by atoms with Gasteiger partial charge in [-0.05, 0) is 12.8 Å². The van der Waals surface area contributed by atoms with Gasteiger partial charge in [-0.2, -0.15) is 0 Å². The van der Waals surface area contributed by atoms with Gasteiger partial charge in [-0.15, -0.1) is 12.4 Å². The molecular weight excluding hydrogens is 382 g/mol. The van der Waals surface area contributed by atoms with Crippen molar-refractivity contribution in [2.75, 3.05) is 25.6 Å². The number of hydrogen-bond acceptors (Lipinski definition) is 6. The van der Waals surface area contributed by atoms with Crippen LogP contribution in [0.2, 0.25) is 0 Å². The van der Waals surface area contributed by atoms with Crippen LogP contribution in [-0.2, 0) is 14.8 Å². The van der Waals surface area contributed by atoms with Gasteiger partial charge in [0.2, 0.25) is 10.0 Å². The molecular formula is C16H24ClN3O5S. The van der Waals surface area contributed by atoms with E-state index in [9.17, 15) is 13.2 Å². The Kier molecular flexibility index (Phi) is 6.38. The second-order valence-corrected chi connectivity index (χ2v) is 8.32. The summed E-state index contributed by atoms with van der Waals surface area (Å²) in [6, 6.07) is 2.81. The van der Waals surface area contributed by atoms with Gasteiger partial charge in [-0.3, -0.25) is 4.79 Å². The van der Waals surface area contributed by atoms with Gasteiger partial charge in [0.25, 0.3) is 5.91 Å². The number of ether oxygens (including phenoxy) is 2. The molecule has 8 nitrogen and oxygen atoms in total.